The molecule has 0 spiro atoms. The zero-order chi connectivity index (χ0) is 21.6. The van der Waals surface area contributed by atoms with E-state index in [1.807, 2.05) is 4.90 Å². The van der Waals surface area contributed by atoms with E-state index in [-0.39, 0.29) is 42.1 Å². The number of hydrogen-bond acceptors (Lipinski definition) is 6. The van der Waals surface area contributed by atoms with E-state index in [1.54, 1.807) is 7.05 Å². The summed E-state index contributed by atoms with van der Waals surface area (Å²) in [7, 11) is -1.86. The topological polar surface area (TPSA) is 100 Å². The lowest BCUT2D eigenvalue weighted by molar-refractivity contribution is 0.256. The molecule has 0 radical (unpaired) electrons. The van der Waals surface area contributed by atoms with Gasteiger partial charge in [0.05, 0.1) is 12.2 Å². The van der Waals surface area contributed by atoms with Crippen LogP contribution in [0.1, 0.15) is 5.69 Å². The minimum absolute atomic E-state index is 0. The molecule has 1 aromatic heterocycles. The number of nitrogens with zero attached hydrogens (tertiary/aromatic N) is 4. The summed E-state index contributed by atoms with van der Waals surface area (Å²) in [6.07, 6.45) is 1.34. The highest BCUT2D eigenvalue weighted by atomic mass is 127. The summed E-state index contributed by atoms with van der Waals surface area (Å²) >= 11 is 0. The van der Waals surface area contributed by atoms with Crippen LogP contribution in [0, 0.1) is 11.6 Å². The first-order valence-electron chi connectivity index (χ1n) is 9.29. The summed E-state index contributed by atoms with van der Waals surface area (Å²) in [5.74, 6) is -1.07. The molecule has 0 amide bonds. The minimum atomic E-state index is -3.48. The summed E-state index contributed by atoms with van der Waals surface area (Å²) in [6.45, 7) is 2.05. The van der Waals surface area contributed by atoms with Crippen molar-refractivity contribution >= 4 is 40.0 Å². The summed E-state index contributed by atoms with van der Waals surface area (Å²) < 4.78 is 62.9. The summed E-state index contributed by atoms with van der Waals surface area (Å²) in [5, 5.41) is 6.75. The first kappa shape index (κ1) is 25.3. The summed E-state index contributed by atoms with van der Waals surface area (Å²) in [4.78, 5) is 6.13. The fourth-order valence-electron chi connectivity index (χ4n) is 3.02. The lowest BCUT2D eigenvalue weighted by Gasteiger charge is -2.35. The molecule has 0 unspecified atom stereocenters. The van der Waals surface area contributed by atoms with Crippen molar-refractivity contribution in [2.24, 2.45) is 4.99 Å². The standard InChI is InChI=1S/C18H23F2N5O4S.HI/c1-21-18(22-5-11-28-17-3-2-14(19)12-16(17)20)24-6-8-25(9-7-24)30(26,27)13-15-4-10-29-23-15;/h2-4,10,12H,5-9,11,13H2,1H3,(H,21,22);1H. The van der Waals surface area contributed by atoms with Crippen LogP contribution in [0.4, 0.5) is 8.78 Å². The van der Waals surface area contributed by atoms with E-state index in [4.69, 9.17) is 4.74 Å². The van der Waals surface area contributed by atoms with Crippen LogP contribution in [0.2, 0.25) is 0 Å². The van der Waals surface area contributed by atoms with E-state index in [2.05, 4.69) is 20.0 Å². The number of halogens is 3. The van der Waals surface area contributed by atoms with E-state index >= 15 is 0 Å². The van der Waals surface area contributed by atoms with E-state index < -0.39 is 21.7 Å². The third-order valence-electron chi connectivity index (χ3n) is 4.50. The molecule has 13 heteroatoms. The number of hydrogen-bond donors (Lipinski definition) is 1. The molecule has 1 fully saturated rings. The SMILES string of the molecule is CN=C(NCCOc1ccc(F)cc1F)N1CCN(S(=O)(=O)Cc2ccon2)CC1.I. The minimum Gasteiger partial charge on any atom is -0.489 e. The number of ether oxygens (including phenoxy) is 1. The van der Waals surface area contributed by atoms with Crippen molar-refractivity contribution in [3.05, 3.63) is 47.9 Å². The monoisotopic (exact) mass is 571 g/mol. The van der Waals surface area contributed by atoms with E-state index in [9.17, 15) is 17.2 Å². The molecule has 1 aromatic carbocycles. The fourth-order valence-corrected chi connectivity index (χ4v) is 4.44. The number of nitrogens with one attached hydrogen (secondary N) is 1. The highest BCUT2D eigenvalue weighted by molar-refractivity contribution is 14.0. The van der Waals surface area contributed by atoms with Crippen LogP contribution in [0.25, 0.3) is 0 Å². The van der Waals surface area contributed by atoms with Crippen LogP contribution in [0.5, 0.6) is 5.75 Å². The third-order valence-corrected chi connectivity index (χ3v) is 6.31. The number of rotatable bonds is 7. The second-order valence-corrected chi connectivity index (χ2v) is 8.50. The molecule has 31 heavy (non-hydrogen) atoms. The molecule has 2 heterocycles. The number of benzene rings is 1. The molecule has 0 saturated carbocycles. The third kappa shape index (κ3) is 7.00. The Kier molecular flexibility index (Phi) is 9.43. The second kappa shape index (κ2) is 11.6. The van der Waals surface area contributed by atoms with Crippen molar-refractivity contribution in [1.82, 2.24) is 19.7 Å². The van der Waals surface area contributed by atoms with Gasteiger partial charge < -0.3 is 19.5 Å². The molecule has 1 aliphatic rings. The van der Waals surface area contributed by atoms with Crippen molar-refractivity contribution < 1.29 is 26.5 Å². The van der Waals surface area contributed by atoms with Crippen molar-refractivity contribution in [2.75, 3.05) is 46.4 Å². The molecule has 1 saturated heterocycles. The largest absolute Gasteiger partial charge is 0.489 e. The maximum absolute atomic E-state index is 13.6. The van der Waals surface area contributed by atoms with Gasteiger partial charge >= 0.3 is 0 Å². The summed E-state index contributed by atoms with van der Waals surface area (Å²) in [5.41, 5.74) is 0.368. The predicted molar refractivity (Wildman–Crippen MR) is 121 cm³/mol. The number of aliphatic imine (C=N–C) groups is 1. The van der Waals surface area contributed by atoms with Gasteiger partial charge in [0.25, 0.3) is 0 Å². The molecular weight excluding hydrogens is 547 g/mol. The average molecular weight is 571 g/mol. The molecular formula is C18H24F2IN5O4S. The van der Waals surface area contributed by atoms with Crippen molar-refractivity contribution in [3.8, 4) is 5.75 Å². The lowest BCUT2D eigenvalue weighted by atomic mass is 10.3. The van der Waals surface area contributed by atoms with Crippen LogP contribution < -0.4 is 10.1 Å². The predicted octanol–water partition coefficient (Wildman–Crippen LogP) is 1.67. The van der Waals surface area contributed by atoms with Gasteiger partial charge in [0.15, 0.2) is 17.5 Å². The van der Waals surface area contributed by atoms with Crippen LogP contribution in [-0.2, 0) is 15.8 Å². The Morgan fingerprint density at radius 3 is 2.61 bits per heavy atom. The van der Waals surface area contributed by atoms with Crippen molar-refractivity contribution in [3.63, 3.8) is 0 Å². The molecule has 9 nitrogen and oxygen atoms in total. The van der Waals surface area contributed by atoms with Gasteiger partial charge in [-0.3, -0.25) is 4.99 Å². The van der Waals surface area contributed by atoms with E-state index in [0.717, 1.165) is 12.1 Å². The molecule has 0 atom stereocenters. The first-order chi connectivity index (χ1) is 14.4. The van der Waals surface area contributed by atoms with Gasteiger partial charge in [0.1, 0.15) is 24.4 Å². The van der Waals surface area contributed by atoms with Crippen LogP contribution in [0.3, 0.4) is 0 Å². The second-order valence-electron chi connectivity index (χ2n) is 6.53. The number of aromatic nitrogens is 1. The fraction of sp³-hybridized carbons (Fsp3) is 0.444. The molecule has 0 bridgehead atoms. The Balaban J connectivity index is 0.00000341. The van der Waals surface area contributed by atoms with E-state index in [0.29, 0.717) is 44.4 Å². The Bertz CT molecular complexity index is 967. The van der Waals surface area contributed by atoms with Gasteiger partial charge in [-0.05, 0) is 12.1 Å². The Labute approximate surface area is 196 Å². The summed E-state index contributed by atoms with van der Waals surface area (Å²) in [6, 6.07) is 4.65. The Morgan fingerprint density at radius 2 is 2.00 bits per heavy atom. The average Bonchev–Trinajstić information content (AvgIpc) is 3.22. The lowest BCUT2D eigenvalue weighted by Crippen LogP contribution is -2.54. The Morgan fingerprint density at radius 1 is 1.26 bits per heavy atom. The molecule has 3 rings (SSSR count). The van der Waals surface area contributed by atoms with E-state index in [1.165, 1.54) is 22.7 Å². The highest BCUT2D eigenvalue weighted by Crippen LogP contribution is 2.17. The number of piperazine rings is 1. The van der Waals surface area contributed by atoms with Gasteiger partial charge in [-0.2, -0.15) is 4.31 Å². The van der Waals surface area contributed by atoms with Gasteiger partial charge in [-0.1, -0.05) is 5.16 Å². The molecule has 1 aliphatic heterocycles. The molecule has 1 N–H and O–H groups in total. The van der Waals surface area contributed by atoms with Crippen LogP contribution in [-0.4, -0.2) is 75.1 Å². The first-order valence-corrected chi connectivity index (χ1v) is 10.9. The van der Waals surface area contributed by atoms with Gasteiger partial charge in [-0.15, -0.1) is 24.0 Å². The van der Waals surface area contributed by atoms with Gasteiger partial charge in [-0.25, -0.2) is 17.2 Å². The zero-order valence-corrected chi connectivity index (χ0v) is 20.0. The van der Waals surface area contributed by atoms with Crippen molar-refractivity contribution in [1.29, 1.82) is 0 Å². The number of sulfonamides is 1. The smallest absolute Gasteiger partial charge is 0.220 e. The zero-order valence-electron chi connectivity index (χ0n) is 16.8. The van der Waals surface area contributed by atoms with Gasteiger partial charge in [0, 0.05) is 45.4 Å². The maximum atomic E-state index is 13.6. The maximum Gasteiger partial charge on any atom is 0.220 e. The van der Waals surface area contributed by atoms with Crippen LogP contribution in [0.15, 0.2) is 40.0 Å². The van der Waals surface area contributed by atoms with Gasteiger partial charge in [0.2, 0.25) is 10.0 Å². The highest BCUT2D eigenvalue weighted by Gasteiger charge is 2.28. The Hall–Kier alpha value is -2.00. The van der Waals surface area contributed by atoms with Crippen LogP contribution >= 0.6 is 24.0 Å². The quantitative estimate of drug-likeness (QED) is 0.234. The normalized spacial score (nSPS) is 15.5. The molecule has 0 aliphatic carbocycles. The van der Waals surface area contributed by atoms with Crippen molar-refractivity contribution in [2.45, 2.75) is 5.75 Å². The number of guanidine groups is 1. The molecule has 172 valence electrons. The molecule has 2 aromatic rings.